The summed E-state index contributed by atoms with van der Waals surface area (Å²) in [6, 6.07) is 4.88. The normalized spacial score (nSPS) is 19.6. The molecule has 0 saturated heterocycles. The van der Waals surface area contributed by atoms with Crippen LogP contribution in [-0.4, -0.2) is 24.0 Å². The zero-order valence-electron chi connectivity index (χ0n) is 16.3. The van der Waals surface area contributed by atoms with Crippen molar-refractivity contribution in [2.75, 3.05) is 0 Å². The Kier molecular flexibility index (Phi) is 4.27. The van der Waals surface area contributed by atoms with Crippen LogP contribution in [0.4, 0.5) is 13.2 Å². The summed E-state index contributed by atoms with van der Waals surface area (Å²) in [5, 5.41) is 0. The van der Waals surface area contributed by atoms with Crippen LogP contribution in [0.5, 0.6) is 11.5 Å². The summed E-state index contributed by atoms with van der Waals surface area (Å²) in [6.07, 6.45) is -4.12. The lowest BCUT2D eigenvalue weighted by atomic mass is 9.71. The number of ether oxygens (including phenoxy) is 1. The van der Waals surface area contributed by atoms with Crippen LogP contribution >= 0.6 is 0 Å². The van der Waals surface area contributed by atoms with E-state index in [1.807, 2.05) is 0 Å². The topological polar surface area (TPSA) is 60.4 Å². The highest BCUT2D eigenvalue weighted by Gasteiger charge is 2.58. The Morgan fingerprint density at radius 1 is 1.10 bits per heavy atom. The Morgan fingerprint density at radius 3 is 2.23 bits per heavy atom. The van der Waals surface area contributed by atoms with Crippen LogP contribution in [0.2, 0.25) is 0 Å². The molecule has 1 aliphatic heterocycles. The Bertz CT molecular complexity index is 1160. The number of aldehydes is 1. The standard InChI is InChI=1S/C23H17F3O4/c1-4-11(2)13-6-16-20(5-12(13)10-27)30-21-8-15-14(18(28)9-19(15)29)7-17(21)22(16,3)23(24,25)26/h5-8,10H,2,4,9H2,1,3H3. The number of allylic oxidation sites excluding steroid dienone is 1. The second-order valence-corrected chi connectivity index (χ2v) is 7.65. The molecule has 1 heterocycles. The van der Waals surface area contributed by atoms with E-state index in [2.05, 4.69) is 6.58 Å². The molecule has 0 aromatic heterocycles. The van der Waals surface area contributed by atoms with Gasteiger partial charge in [-0.15, -0.1) is 0 Å². The van der Waals surface area contributed by atoms with Crippen molar-refractivity contribution < 1.29 is 32.3 Å². The van der Waals surface area contributed by atoms with Crippen LogP contribution in [0.1, 0.15) is 74.5 Å². The van der Waals surface area contributed by atoms with Gasteiger partial charge >= 0.3 is 6.18 Å². The number of hydrogen-bond acceptors (Lipinski definition) is 4. The largest absolute Gasteiger partial charge is 0.457 e. The molecule has 2 aromatic rings. The second-order valence-electron chi connectivity index (χ2n) is 7.65. The number of fused-ring (bicyclic) bond motifs is 3. The van der Waals surface area contributed by atoms with Crippen LogP contribution in [0, 0.1) is 0 Å². The number of rotatable bonds is 3. The molecule has 1 atom stereocenters. The monoisotopic (exact) mass is 414 g/mol. The van der Waals surface area contributed by atoms with Crippen LogP contribution in [0.3, 0.4) is 0 Å². The fourth-order valence-corrected chi connectivity index (χ4v) is 4.09. The summed E-state index contributed by atoms with van der Waals surface area (Å²) in [5.41, 5.74) is -1.89. The molecule has 7 heteroatoms. The van der Waals surface area contributed by atoms with E-state index in [1.54, 1.807) is 6.92 Å². The average Bonchev–Trinajstić information content (AvgIpc) is 2.97. The van der Waals surface area contributed by atoms with Gasteiger partial charge in [-0.05, 0) is 48.7 Å². The first-order valence-corrected chi connectivity index (χ1v) is 9.34. The van der Waals surface area contributed by atoms with Gasteiger partial charge in [0.1, 0.15) is 16.9 Å². The first-order chi connectivity index (χ1) is 14.0. The van der Waals surface area contributed by atoms with Crippen LogP contribution in [0.15, 0.2) is 30.8 Å². The summed E-state index contributed by atoms with van der Waals surface area (Å²) < 4.78 is 49.3. The third kappa shape index (κ3) is 2.57. The highest BCUT2D eigenvalue weighted by molar-refractivity contribution is 6.24. The Hall–Kier alpha value is -3.22. The lowest BCUT2D eigenvalue weighted by Gasteiger charge is -2.39. The minimum Gasteiger partial charge on any atom is -0.457 e. The first-order valence-electron chi connectivity index (χ1n) is 9.34. The third-order valence-corrected chi connectivity index (χ3v) is 5.99. The number of halogens is 3. The highest BCUT2D eigenvalue weighted by Crippen LogP contribution is 2.57. The van der Waals surface area contributed by atoms with Crippen molar-refractivity contribution in [3.8, 4) is 11.5 Å². The maximum atomic E-state index is 14.5. The zero-order valence-corrected chi connectivity index (χ0v) is 16.3. The second kappa shape index (κ2) is 6.39. The third-order valence-electron chi connectivity index (χ3n) is 5.99. The van der Waals surface area contributed by atoms with E-state index >= 15 is 0 Å². The molecule has 0 amide bonds. The van der Waals surface area contributed by atoms with Gasteiger partial charge in [0.2, 0.25) is 0 Å². The number of ketones is 2. The van der Waals surface area contributed by atoms with Gasteiger partial charge in [-0.3, -0.25) is 14.4 Å². The SMILES string of the molecule is C=C(CC)c1cc2c(cc1C=O)Oc1cc3c(cc1C2(C)C(F)(F)F)C(=O)CC3=O. The molecule has 4 rings (SSSR count). The quantitative estimate of drug-likeness (QED) is 0.480. The van der Waals surface area contributed by atoms with Gasteiger partial charge < -0.3 is 4.74 Å². The number of hydrogen-bond donors (Lipinski definition) is 0. The molecular weight excluding hydrogens is 397 g/mol. The molecule has 2 aromatic carbocycles. The molecule has 2 aliphatic rings. The highest BCUT2D eigenvalue weighted by atomic mass is 19.4. The maximum absolute atomic E-state index is 14.5. The summed E-state index contributed by atoms with van der Waals surface area (Å²) in [5.74, 6) is -1.23. The summed E-state index contributed by atoms with van der Waals surface area (Å²) in [4.78, 5) is 35.8. The predicted octanol–water partition coefficient (Wildman–Crippen LogP) is 5.67. The summed E-state index contributed by atoms with van der Waals surface area (Å²) in [6.45, 7) is 6.66. The van der Waals surface area contributed by atoms with Crippen LogP contribution in [-0.2, 0) is 5.41 Å². The van der Waals surface area contributed by atoms with Crippen LogP contribution in [0.25, 0.3) is 5.57 Å². The number of carbonyl (C=O) groups excluding carboxylic acids is 3. The number of carbonyl (C=O) groups is 3. The Balaban J connectivity index is 2.06. The molecule has 1 unspecified atom stereocenters. The number of benzene rings is 2. The fourth-order valence-electron chi connectivity index (χ4n) is 4.09. The lowest BCUT2D eigenvalue weighted by molar-refractivity contribution is -0.174. The van der Waals surface area contributed by atoms with Crippen molar-refractivity contribution in [2.45, 2.75) is 38.3 Å². The van der Waals surface area contributed by atoms with Crippen molar-refractivity contribution in [3.63, 3.8) is 0 Å². The van der Waals surface area contributed by atoms with Crippen molar-refractivity contribution >= 4 is 23.4 Å². The smallest absolute Gasteiger partial charge is 0.402 e. The summed E-state index contributed by atoms with van der Waals surface area (Å²) in [7, 11) is 0. The van der Waals surface area contributed by atoms with Gasteiger partial charge in [-0.2, -0.15) is 13.2 Å². The van der Waals surface area contributed by atoms with Gasteiger partial charge in [0, 0.05) is 27.8 Å². The number of Topliss-reactive ketones (excluding diaryl/α,β-unsaturated/α-hetero) is 2. The molecule has 154 valence electrons. The molecular formula is C23H17F3O4. The molecule has 30 heavy (non-hydrogen) atoms. The van der Waals surface area contributed by atoms with Gasteiger partial charge in [-0.25, -0.2) is 0 Å². The van der Waals surface area contributed by atoms with Gasteiger partial charge in [0.05, 0.1) is 6.42 Å². The van der Waals surface area contributed by atoms with E-state index in [-0.39, 0.29) is 45.7 Å². The number of alkyl halides is 3. The van der Waals surface area contributed by atoms with E-state index < -0.39 is 23.2 Å². The van der Waals surface area contributed by atoms with E-state index in [4.69, 9.17) is 4.74 Å². The van der Waals surface area contributed by atoms with E-state index in [9.17, 15) is 27.6 Å². The van der Waals surface area contributed by atoms with Crippen molar-refractivity contribution in [1.29, 1.82) is 0 Å². The van der Waals surface area contributed by atoms with Crippen molar-refractivity contribution in [3.05, 3.63) is 64.2 Å². The Morgan fingerprint density at radius 2 is 1.67 bits per heavy atom. The Labute approximate surface area is 170 Å². The molecule has 4 nitrogen and oxygen atoms in total. The molecule has 0 spiro atoms. The van der Waals surface area contributed by atoms with E-state index in [1.165, 1.54) is 18.2 Å². The lowest BCUT2D eigenvalue weighted by Crippen LogP contribution is -2.43. The molecule has 0 N–H and O–H groups in total. The van der Waals surface area contributed by atoms with Crippen molar-refractivity contribution in [2.24, 2.45) is 0 Å². The van der Waals surface area contributed by atoms with Gasteiger partial charge in [-0.1, -0.05) is 13.5 Å². The van der Waals surface area contributed by atoms with Crippen molar-refractivity contribution in [1.82, 2.24) is 0 Å². The fraction of sp³-hybridized carbons (Fsp3) is 0.261. The summed E-state index contributed by atoms with van der Waals surface area (Å²) >= 11 is 0. The molecule has 0 bridgehead atoms. The minimum absolute atomic E-state index is 0.0241. The molecule has 0 radical (unpaired) electrons. The maximum Gasteiger partial charge on any atom is 0.402 e. The predicted molar refractivity (Wildman–Crippen MR) is 103 cm³/mol. The molecule has 1 aliphatic carbocycles. The van der Waals surface area contributed by atoms with Gasteiger partial charge in [0.15, 0.2) is 17.9 Å². The van der Waals surface area contributed by atoms with Crippen LogP contribution < -0.4 is 4.74 Å². The average molecular weight is 414 g/mol. The molecule has 0 saturated carbocycles. The van der Waals surface area contributed by atoms with E-state index in [0.29, 0.717) is 23.8 Å². The van der Waals surface area contributed by atoms with Gasteiger partial charge in [0.25, 0.3) is 0 Å². The zero-order chi connectivity index (χ0) is 22.0. The minimum atomic E-state index is -4.74. The first kappa shape index (κ1) is 20.1. The van der Waals surface area contributed by atoms with E-state index in [0.717, 1.165) is 13.0 Å². The molecule has 0 fully saturated rings.